The summed E-state index contributed by atoms with van der Waals surface area (Å²) in [5.74, 6) is -0.571. The minimum atomic E-state index is -0.571. The number of nitrogens with two attached hydrogens (primary N) is 1. The molecular weight excluding hydrogens is 332 g/mol. The Hall–Kier alpha value is -2.40. The fourth-order valence-electron chi connectivity index (χ4n) is 1.99. The van der Waals surface area contributed by atoms with Gasteiger partial charge in [-0.3, -0.25) is 4.79 Å². The highest BCUT2D eigenvalue weighted by Crippen LogP contribution is 2.18. The number of hydrogen-bond donors (Lipinski definition) is 1. The number of benzene rings is 2. The number of nitrogens with zero attached hydrogens (tertiary/aromatic N) is 1. The Labute approximate surface area is 129 Å². The average Bonchev–Trinajstić information content (AvgIpc) is 2.46. The van der Waals surface area contributed by atoms with Crippen molar-refractivity contribution in [3.63, 3.8) is 0 Å². The van der Waals surface area contributed by atoms with E-state index in [9.17, 15) is 4.79 Å². The molecule has 21 heavy (non-hydrogen) atoms. The SMILES string of the molecule is NC(=O)c1cc2ccccc2oc1=Nc1cccc(Br)c1. The number of carbonyl (C=O) groups is 1. The van der Waals surface area contributed by atoms with Crippen LogP contribution in [0.1, 0.15) is 10.4 Å². The van der Waals surface area contributed by atoms with Gasteiger partial charge >= 0.3 is 0 Å². The molecule has 0 unspecified atom stereocenters. The lowest BCUT2D eigenvalue weighted by Crippen LogP contribution is -2.21. The number of para-hydroxylation sites is 1. The third-order valence-corrected chi connectivity index (χ3v) is 3.45. The second-order valence-electron chi connectivity index (χ2n) is 4.46. The van der Waals surface area contributed by atoms with Crippen LogP contribution in [0.2, 0.25) is 0 Å². The highest BCUT2D eigenvalue weighted by Gasteiger charge is 2.09. The Balaban J connectivity index is 2.29. The Morgan fingerprint density at radius 3 is 2.67 bits per heavy atom. The normalized spacial score (nSPS) is 11.8. The van der Waals surface area contributed by atoms with E-state index in [1.807, 2.05) is 48.5 Å². The van der Waals surface area contributed by atoms with E-state index >= 15 is 0 Å². The lowest BCUT2D eigenvalue weighted by molar-refractivity contribution is 0.0996. The van der Waals surface area contributed by atoms with Crippen LogP contribution < -0.4 is 11.3 Å². The summed E-state index contributed by atoms with van der Waals surface area (Å²) in [6, 6.07) is 16.5. The van der Waals surface area contributed by atoms with E-state index in [2.05, 4.69) is 20.9 Å². The van der Waals surface area contributed by atoms with E-state index in [-0.39, 0.29) is 11.1 Å². The van der Waals surface area contributed by atoms with Gasteiger partial charge in [-0.05, 0) is 30.3 Å². The molecule has 0 radical (unpaired) electrons. The van der Waals surface area contributed by atoms with Gasteiger partial charge in [-0.25, -0.2) is 4.99 Å². The second kappa shape index (κ2) is 5.54. The first-order chi connectivity index (χ1) is 10.1. The molecule has 1 aromatic heterocycles. The molecule has 0 aliphatic carbocycles. The van der Waals surface area contributed by atoms with Crippen molar-refractivity contribution in [3.05, 3.63) is 70.2 Å². The van der Waals surface area contributed by atoms with Crippen LogP contribution in [0.15, 0.2) is 68.5 Å². The van der Waals surface area contributed by atoms with Gasteiger partial charge in [0.2, 0.25) is 5.55 Å². The summed E-state index contributed by atoms with van der Waals surface area (Å²) in [5, 5.41) is 0.805. The van der Waals surface area contributed by atoms with Crippen molar-refractivity contribution in [2.45, 2.75) is 0 Å². The predicted octanol–water partition coefficient (Wildman–Crippen LogP) is 3.53. The fourth-order valence-corrected chi connectivity index (χ4v) is 2.38. The lowest BCUT2D eigenvalue weighted by atomic mass is 10.2. The topological polar surface area (TPSA) is 68.6 Å². The third kappa shape index (κ3) is 2.87. The van der Waals surface area contributed by atoms with Crippen molar-refractivity contribution in [3.8, 4) is 0 Å². The minimum absolute atomic E-state index is 0.208. The Bertz CT molecular complexity index is 900. The van der Waals surface area contributed by atoms with Crippen molar-refractivity contribution in [1.82, 2.24) is 0 Å². The quantitative estimate of drug-likeness (QED) is 0.773. The van der Waals surface area contributed by atoms with Gasteiger partial charge in [0, 0.05) is 9.86 Å². The Morgan fingerprint density at radius 2 is 1.90 bits per heavy atom. The summed E-state index contributed by atoms with van der Waals surface area (Å²) in [4.78, 5) is 16.0. The summed E-state index contributed by atoms with van der Waals surface area (Å²) < 4.78 is 6.61. The van der Waals surface area contributed by atoms with Gasteiger partial charge in [0.25, 0.3) is 5.91 Å². The number of primary amides is 1. The summed E-state index contributed by atoms with van der Waals surface area (Å²) in [6.45, 7) is 0. The van der Waals surface area contributed by atoms with E-state index in [1.54, 1.807) is 6.07 Å². The molecule has 5 heteroatoms. The van der Waals surface area contributed by atoms with Crippen molar-refractivity contribution < 1.29 is 9.21 Å². The maximum Gasteiger partial charge on any atom is 0.254 e. The highest BCUT2D eigenvalue weighted by atomic mass is 79.9. The molecule has 0 bridgehead atoms. The second-order valence-corrected chi connectivity index (χ2v) is 5.37. The van der Waals surface area contributed by atoms with Gasteiger partial charge in [0.15, 0.2) is 0 Å². The molecule has 0 saturated heterocycles. The van der Waals surface area contributed by atoms with Crippen LogP contribution in [0.4, 0.5) is 5.69 Å². The summed E-state index contributed by atoms with van der Waals surface area (Å²) in [7, 11) is 0. The maximum absolute atomic E-state index is 11.6. The molecule has 104 valence electrons. The molecule has 0 spiro atoms. The van der Waals surface area contributed by atoms with Crippen LogP contribution in [0.25, 0.3) is 11.0 Å². The van der Waals surface area contributed by atoms with Crippen molar-refractivity contribution in [1.29, 1.82) is 0 Å². The molecule has 2 N–H and O–H groups in total. The van der Waals surface area contributed by atoms with Crippen molar-refractivity contribution >= 4 is 38.5 Å². The molecule has 0 saturated carbocycles. The van der Waals surface area contributed by atoms with Crippen LogP contribution >= 0.6 is 15.9 Å². The molecule has 1 amide bonds. The molecule has 0 aliphatic rings. The standard InChI is InChI=1S/C16H11BrN2O2/c17-11-5-3-6-12(9-11)19-16-13(15(18)20)8-10-4-1-2-7-14(10)21-16/h1-9H,(H2,18,20). The summed E-state index contributed by atoms with van der Waals surface area (Å²) in [6.07, 6.45) is 0. The van der Waals surface area contributed by atoms with E-state index in [0.717, 1.165) is 9.86 Å². The van der Waals surface area contributed by atoms with Crippen molar-refractivity contribution in [2.75, 3.05) is 0 Å². The van der Waals surface area contributed by atoms with Crippen molar-refractivity contribution in [2.24, 2.45) is 10.7 Å². The maximum atomic E-state index is 11.6. The van der Waals surface area contributed by atoms with Gasteiger partial charge in [0.05, 0.1) is 5.69 Å². The predicted molar refractivity (Wildman–Crippen MR) is 84.1 cm³/mol. The van der Waals surface area contributed by atoms with E-state index in [4.69, 9.17) is 10.2 Å². The zero-order valence-corrected chi connectivity index (χ0v) is 12.5. The molecule has 0 atom stereocenters. The van der Waals surface area contributed by atoms with E-state index < -0.39 is 5.91 Å². The fraction of sp³-hybridized carbons (Fsp3) is 0. The molecule has 3 aromatic rings. The summed E-state index contributed by atoms with van der Waals surface area (Å²) >= 11 is 3.38. The summed E-state index contributed by atoms with van der Waals surface area (Å²) in [5.41, 5.74) is 7.21. The highest BCUT2D eigenvalue weighted by molar-refractivity contribution is 9.10. The third-order valence-electron chi connectivity index (χ3n) is 2.96. The molecule has 4 nitrogen and oxygen atoms in total. The first kappa shape index (κ1) is 13.6. The number of rotatable bonds is 2. The number of carbonyl (C=O) groups excluding carboxylic acids is 1. The molecule has 3 rings (SSSR count). The molecule has 0 fully saturated rings. The molecule has 2 aromatic carbocycles. The molecule has 1 heterocycles. The Morgan fingerprint density at radius 1 is 1.10 bits per heavy atom. The molecule has 0 aliphatic heterocycles. The van der Waals surface area contributed by atoms with E-state index in [1.165, 1.54) is 0 Å². The van der Waals surface area contributed by atoms with Crippen LogP contribution in [0, 0.1) is 0 Å². The van der Waals surface area contributed by atoms with Crippen LogP contribution in [-0.4, -0.2) is 5.91 Å². The van der Waals surface area contributed by atoms with Gasteiger partial charge in [-0.1, -0.05) is 40.2 Å². The Kier molecular flexibility index (Phi) is 3.58. The van der Waals surface area contributed by atoms with E-state index in [0.29, 0.717) is 11.3 Å². The van der Waals surface area contributed by atoms with Crippen LogP contribution in [0.3, 0.4) is 0 Å². The average molecular weight is 343 g/mol. The lowest BCUT2D eigenvalue weighted by Gasteiger charge is -2.02. The molecular formula is C16H11BrN2O2. The van der Waals surface area contributed by atoms with Crippen LogP contribution in [-0.2, 0) is 0 Å². The number of halogens is 1. The zero-order chi connectivity index (χ0) is 14.8. The van der Waals surface area contributed by atoms with Crippen LogP contribution in [0.5, 0.6) is 0 Å². The number of fused-ring (bicyclic) bond motifs is 1. The number of amides is 1. The van der Waals surface area contributed by atoms with Gasteiger partial charge in [0.1, 0.15) is 11.1 Å². The smallest absolute Gasteiger partial charge is 0.254 e. The van der Waals surface area contributed by atoms with Gasteiger partial charge < -0.3 is 10.2 Å². The minimum Gasteiger partial charge on any atom is -0.438 e. The number of hydrogen-bond acceptors (Lipinski definition) is 3. The zero-order valence-electron chi connectivity index (χ0n) is 10.9. The largest absolute Gasteiger partial charge is 0.438 e. The first-order valence-electron chi connectivity index (χ1n) is 6.26. The van der Waals surface area contributed by atoms with Gasteiger partial charge in [-0.15, -0.1) is 0 Å². The monoisotopic (exact) mass is 342 g/mol. The van der Waals surface area contributed by atoms with Gasteiger partial charge in [-0.2, -0.15) is 0 Å². The first-order valence-corrected chi connectivity index (χ1v) is 7.06.